The van der Waals surface area contributed by atoms with Gasteiger partial charge in [0.2, 0.25) is 0 Å². The van der Waals surface area contributed by atoms with Crippen molar-refractivity contribution in [3.05, 3.63) is 0 Å². The van der Waals surface area contributed by atoms with Gasteiger partial charge >= 0.3 is 74.7 Å². The monoisotopic (exact) mass is 366 g/mol. The molecule has 0 unspecified atom stereocenters. The van der Waals surface area contributed by atoms with Crippen molar-refractivity contribution in [2.24, 2.45) is 0 Å². The second kappa shape index (κ2) is 33.2. The zero-order valence-corrected chi connectivity index (χ0v) is 10.5. The molecule has 0 saturated carbocycles. The molecular weight excluding hydrogens is 364 g/mol. The third-order valence-electron chi connectivity index (χ3n) is 0. The zero-order chi connectivity index (χ0) is 0. The maximum Gasteiger partial charge on any atom is 4.00 e. The zero-order valence-electron chi connectivity index (χ0n) is 2.43. The van der Waals surface area contributed by atoms with Crippen LogP contribution in [0.15, 0.2) is 0 Å². The average Bonchev–Trinajstić information content (AvgIpc) is 0. The number of hydrogen-bond donors (Lipinski definition) is 0. The molecule has 0 amide bonds. The molecule has 0 bridgehead atoms. The molecule has 0 aliphatic carbocycles. The standard InChI is InChI=1S/Ba.Hf.3O/q+2;+4;3*-2. The van der Waals surface area contributed by atoms with E-state index in [4.69, 9.17) is 0 Å². The van der Waals surface area contributed by atoms with E-state index in [1.165, 1.54) is 0 Å². The molecule has 5 heteroatoms. The van der Waals surface area contributed by atoms with Gasteiger partial charge in [-0.1, -0.05) is 0 Å². The molecule has 0 spiro atoms. The maximum atomic E-state index is 0. The smallest absolute Gasteiger partial charge is 2.00 e. The van der Waals surface area contributed by atoms with Gasteiger partial charge in [-0.15, -0.1) is 0 Å². The van der Waals surface area contributed by atoms with Crippen LogP contribution in [0.5, 0.6) is 0 Å². The Kier molecular flexibility index (Phi) is 361. The van der Waals surface area contributed by atoms with Crippen LogP contribution in [-0.4, -0.2) is 48.9 Å². The quantitative estimate of drug-likeness (QED) is 0.508. The molecule has 0 aliphatic rings. The first-order valence-electron chi connectivity index (χ1n) is 0. The van der Waals surface area contributed by atoms with Gasteiger partial charge in [-0.3, -0.25) is 0 Å². The van der Waals surface area contributed by atoms with Gasteiger partial charge in [-0.05, 0) is 0 Å². The van der Waals surface area contributed by atoms with Crippen LogP contribution in [0, 0.1) is 0 Å². The SMILES string of the molecule is [Ba+2].[Hf+4].[O-2].[O-2].[O-2]. The van der Waals surface area contributed by atoms with Gasteiger partial charge in [-0.25, -0.2) is 0 Å². The minimum absolute atomic E-state index is 0. The fourth-order valence-corrected chi connectivity index (χ4v) is 0. The molecule has 0 fully saturated rings. The van der Waals surface area contributed by atoms with Crippen molar-refractivity contribution in [1.29, 1.82) is 0 Å². The summed E-state index contributed by atoms with van der Waals surface area (Å²) in [6.45, 7) is 0. The van der Waals surface area contributed by atoms with Crippen LogP contribution in [0.1, 0.15) is 0 Å². The third kappa shape index (κ3) is 21.9. The topological polar surface area (TPSA) is 85.5 Å². The summed E-state index contributed by atoms with van der Waals surface area (Å²) in [5.41, 5.74) is 0. The molecular formula is BaHfO3. The average molecular weight is 364 g/mol. The summed E-state index contributed by atoms with van der Waals surface area (Å²) in [4.78, 5) is 0. The fraction of sp³-hybridized carbons (Fsp3) is 0. The molecule has 0 saturated heterocycles. The Bertz CT molecular complexity index is 6.85. The van der Waals surface area contributed by atoms with Gasteiger partial charge < -0.3 is 16.4 Å². The molecule has 0 aromatic rings. The summed E-state index contributed by atoms with van der Waals surface area (Å²) >= 11 is 0. The summed E-state index contributed by atoms with van der Waals surface area (Å²) in [6, 6.07) is 0. The predicted molar refractivity (Wildman–Crippen MR) is 7.81 cm³/mol. The van der Waals surface area contributed by atoms with Crippen molar-refractivity contribution in [2.75, 3.05) is 0 Å². The second-order valence-corrected chi connectivity index (χ2v) is 0. The molecule has 0 radical (unpaired) electrons. The van der Waals surface area contributed by atoms with Crippen LogP contribution in [-0.2, 0) is 42.3 Å². The van der Waals surface area contributed by atoms with Crippen LogP contribution in [0.2, 0.25) is 0 Å². The minimum Gasteiger partial charge on any atom is -2.00 e. The van der Waals surface area contributed by atoms with Crippen molar-refractivity contribution < 1.29 is 42.3 Å². The van der Waals surface area contributed by atoms with E-state index < -0.39 is 0 Å². The van der Waals surface area contributed by atoms with E-state index in [2.05, 4.69) is 0 Å². The van der Waals surface area contributed by atoms with E-state index in [0.717, 1.165) is 0 Å². The second-order valence-electron chi connectivity index (χ2n) is 0. The summed E-state index contributed by atoms with van der Waals surface area (Å²) in [5.74, 6) is 0. The van der Waals surface area contributed by atoms with Crippen molar-refractivity contribution in [3.8, 4) is 0 Å². The molecule has 0 aliphatic heterocycles. The van der Waals surface area contributed by atoms with Crippen molar-refractivity contribution in [2.45, 2.75) is 0 Å². The predicted octanol–water partition coefficient (Wildman–Crippen LogP) is -0.740. The van der Waals surface area contributed by atoms with E-state index in [-0.39, 0.29) is 91.2 Å². The van der Waals surface area contributed by atoms with Gasteiger partial charge in [0.1, 0.15) is 0 Å². The minimum atomic E-state index is 0. The molecule has 0 atom stereocenters. The Hall–Kier alpha value is 2.32. The van der Waals surface area contributed by atoms with E-state index in [0.29, 0.717) is 0 Å². The van der Waals surface area contributed by atoms with E-state index in [1.807, 2.05) is 0 Å². The third-order valence-corrected chi connectivity index (χ3v) is 0. The first kappa shape index (κ1) is 54.3. The van der Waals surface area contributed by atoms with Crippen LogP contribution >= 0.6 is 0 Å². The number of rotatable bonds is 0. The van der Waals surface area contributed by atoms with Gasteiger partial charge in [0, 0.05) is 0 Å². The first-order chi connectivity index (χ1) is 0. The Morgan fingerprint density at radius 1 is 0.600 bits per heavy atom. The first-order valence-corrected chi connectivity index (χ1v) is 0. The Labute approximate surface area is 89.3 Å². The molecule has 24 valence electrons. The Morgan fingerprint density at radius 2 is 0.600 bits per heavy atom. The molecule has 5 heavy (non-hydrogen) atoms. The summed E-state index contributed by atoms with van der Waals surface area (Å²) < 4.78 is 0. The van der Waals surface area contributed by atoms with Crippen molar-refractivity contribution in [3.63, 3.8) is 0 Å². The molecule has 3 nitrogen and oxygen atoms in total. The van der Waals surface area contributed by atoms with Crippen LogP contribution in [0.25, 0.3) is 0 Å². The molecule has 0 heterocycles. The molecule has 0 rings (SSSR count). The van der Waals surface area contributed by atoms with Crippen molar-refractivity contribution in [1.82, 2.24) is 0 Å². The van der Waals surface area contributed by atoms with Gasteiger partial charge in [-0.2, -0.15) is 0 Å². The van der Waals surface area contributed by atoms with Crippen LogP contribution < -0.4 is 0 Å². The Balaban J connectivity index is 0. The largest absolute Gasteiger partial charge is 4.00 e. The van der Waals surface area contributed by atoms with Gasteiger partial charge in [0.15, 0.2) is 0 Å². The molecule has 0 aromatic carbocycles. The number of hydrogen-bond acceptors (Lipinski definition) is 0. The summed E-state index contributed by atoms with van der Waals surface area (Å²) in [7, 11) is 0. The summed E-state index contributed by atoms with van der Waals surface area (Å²) in [6.07, 6.45) is 0. The Morgan fingerprint density at radius 3 is 0.600 bits per heavy atom. The fourth-order valence-electron chi connectivity index (χ4n) is 0. The summed E-state index contributed by atoms with van der Waals surface area (Å²) in [5, 5.41) is 0. The van der Waals surface area contributed by atoms with Gasteiger partial charge in [0.25, 0.3) is 0 Å². The van der Waals surface area contributed by atoms with E-state index in [9.17, 15) is 0 Å². The van der Waals surface area contributed by atoms with E-state index in [1.54, 1.807) is 0 Å². The molecule has 0 N–H and O–H groups in total. The maximum absolute atomic E-state index is 0. The van der Waals surface area contributed by atoms with E-state index >= 15 is 0 Å². The van der Waals surface area contributed by atoms with Gasteiger partial charge in [0.05, 0.1) is 0 Å². The van der Waals surface area contributed by atoms with Crippen LogP contribution in [0.3, 0.4) is 0 Å². The van der Waals surface area contributed by atoms with Crippen molar-refractivity contribution >= 4 is 48.9 Å². The van der Waals surface area contributed by atoms with Crippen LogP contribution in [0.4, 0.5) is 0 Å². The normalized spacial score (nSPS) is 0. The molecule has 0 aromatic heterocycles.